The van der Waals surface area contributed by atoms with Crippen molar-refractivity contribution >= 4 is 10.9 Å². The number of aromatic nitrogens is 1. The van der Waals surface area contributed by atoms with Gasteiger partial charge in [-0.15, -0.1) is 0 Å². The van der Waals surface area contributed by atoms with E-state index < -0.39 is 37.0 Å². The monoisotopic (exact) mass is 471 g/mol. The molecule has 3 aromatic rings. The zero-order valence-corrected chi connectivity index (χ0v) is 18.8. The van der Waals surface area contributed by atoms with Crippen LogP contribution in [0.4, 0.5) is 0 Å². The summed E-state index contributed by atoms with van der Waals surface area (Å²) in [5, 5.41) is 52.1. The molecule has 2 aromatic carbocycles. The van der Waals surface area contributed by atoms with Crippen molar-refractivity contribution in [2.24, 2.45) is 7.05 Å². The number of fused-ring (bicyclic) bond motifs is 2. The van der Waals surface area contributed by atoms with Gasteiger partial charge in [0, 0.05) is 25.1 Å². The topological polar surface area (TPSA) is 134 Å². The number of rotatable bonds is 6. The number of aliphatic hydroxyl groups is 5. The summed E-state index contributed by atoms with van der Waals surface area (Å²) in [5.74, 6) is -1.46. The molecule has 5 atom stereocenters. The summed E-state index contributed by atoms with van der Waals surface area (Å²) in [6.45, 7) is 0.0689. The Morgan fingerprint density at radius 3 is 2.76 bits per heavy atom. The summed E-state index contributed by atoms with van der Waals surface area (Å²) in [4.78, 5) is 0. The standard InChI is InChI=1S/C25H29NO8/c1-26-12-16(7-5-14-6-8-18-15(11-14)9-10-32-18)21-17(26)3-2-4-19(21)34-25(31)23(29)22(28)20(13-27)33-24(25)30/h2-4,6,8,11-12,20,22-24,27-31H,5,7,9-10,13H2,1H3/t20-,22-,23+,24?,25+/m1/s1. The van der Waals surface area contributed by atoms with E-state index in [1.165, 1.54) is 11.1 Å². The molecule has 1 saturated heterocycles. The molecular weight excluding hydrogens is 442 g/mol. The molecule has 2 aliphatic heterocycles. The van der Waals surface area contributed by atoms with Crippen LogP contribution < -0.4 is 9.47 Å². The first-order valence-electron chi connectivity index (χ1n) is 11.3. The van der Waals surface area contributed by atoms with Crippen molar-refractivity contribution < 1.29 is 39.7 Å². The number of aliphatic hydroxyl groups excluding tert-OH is 4. The Balaban J connectivity index is 1.44. The van der Waals surface area contributed by atoms with Gasteiger partial charge < -0.3 is 44.3 Å². The lowest BCUT2D eigenvalue weighted by atomic mass is 9.95. The van der Waals surface area contributed by atoms with Gasteiger partial charge in [0.2, 0.25) is 6.29 Å². The van der Waals surface area contributed by atoms with Crippen LogP contribution in [0.3, 0.4) is 0 Å². The highest BCUT2D eigenvalue weighted by Crippen LogP contribution is 2.37. The number of hydrogen-bond donors (Lipinski definition) is 5. The van der Waals surface area contributed by atoms with E-state index in [1.807, 2.05) is 29.9 Å². The van der Waals surface area contributed by atoms with Gasteiger partial charge >= 0.3 is 0 Å². The quantitative estimate of drug-likeness (QED) is 0.326. The van der Waals surface area contributed by atoms with Gasteiger partial charge in [-0.05, 0) is 47.7 Å². The van der Waals surface area contributed by atoms with Gasteiger partial charge in [0.15, 0.2) is 6.10 Å². The van der Waals surface area contributed by atoms with Crippen LogP contribution in [0.25, 0.3) is 10.9 Å². The number of ether oxygens (including phenoxy) is 3. The Morgan fingerprint density at radius 2 is 1.97 bits per heavy atom. The van der Waals surface area contributed by atoms with Crippen LogP contribution in [0, 0.1) is 0 Å². The first-order chi connectivity index (χ1) is 16.3. The van der Waals surface area contributed by atoms with Crippen LogP contribution in [0.2, 0.25) is 0 Å². The van der Waals surface area contributed by atoms with Gasteiger partial charge in [-0.1, -0.05) is 18.2 Å². The summed E-state index contributed by atoms with van der Waals surface area (Å²) in [7, 11) is 1.90. The first kappa shape index (κ1) is 23.1. The largest absolute Gasteiger partial charge is 0.493 e. The maximum Gasteiger partial charge on any atom is 0.288 e. The van der Waals surface area contributed by atoms with Crippen molar-refractivity contribution in [1.29, 1.82) is 0 Å². The van der Waals surface area contributed by atoms with Crippen LogP contribution in [0.1, 0.15) is 16.7 Å². The lowest BCUT2D eigenvalue weighted by Gasteiger charge is -2.45. The molecule has 3 heterocycles. The number of hydrogen-bond acceptors (Lipinski definition) is 8. The third-order valence-electron chi connectivity index (χ3n) is 6.73. The van der Waals surface area contributed by atoms with Gasteiger partial charge in [0.25, 0.3) is 5.79 Å². The SMILES string of the molecule is Cn1cc(CCc2ccc3c(c2)CCO3)c2c(O[C@]3(O)C(O)O[C@H](CO)[C@@H](O)[C@@H]3O)cccc21. The van der Waals surface area contributed by atoms with Crippen LogP contribution in [0.5, 0.6) is 11.5 Å². The molecule has 0 radical (unpaired) electrons. The molecule has 1 unspecified atom stereocenters. The second-order valence-electron chi connectivity index (χ2n) is 8.95. The maximum atomic E-state index is 11.0. The normalized spacial score (nSPS) is 28.6. The Bertz CT molecular complexity index is 1190. The molecule has 1 aromatic heterocycles. The highest BCUT2D eigenvalue weighted by atomic mass is 16.7. The minimum Gasteiger partial charge on any atom is -0.493 e. The molecular formula is C25H29NO8. The van der Waals surface area contributed by atoms with Crippen molar-refractivity contribution in [2.45, 2.75) is 49.7 Å². The van der Waals surface area contributed by atoms with E-state index in [2.05, 4.69) is 12.1 Å². The zero-order valence-electron chi connectivity index (χ0n) is 18.8. The molecule has 5 rings (SSSR count). The van der Waals surface area contributed by atoms with E-state index in [-0.39, 0.29) is 5.75 Å². The van der Waals surface area contributed by atoms with Crippen molar-refractivity contribution in [1.82, 2.24) is 4.57 Å². The molecule has 2 aliphatic rings. The van der Waals surface area contributed by atoms with Crippen LogP contribution in [0.15, 0.2) is 42.6 Å². The first-order valence-corrected chi connectivity index (χ1v) is 11.3. The van der Waals surface area contributed by atoms with Gasteiger partial charge in [0.05, 0.1) is 18.7 Å². The van der Waals surface area contributed by atoms with Gasteiger partial charge in [-0.2, -0.15) is 0 Å². The third-order valence-corrected chi connectivity index (χ3v) is 6.73. The Kier molecular flexibility index (Phi) is 6.01. The molecule has 1 fully saturated rings. The Labute approximate surface area is 196 Å². The third kappa shape index (κ3) is 3.84. The minimum atomic E-state index is -2.63. The number of nitrogens with zero attached hydrogens (tertiary/aromatic N) is 1. The molecule has 0 bridgehead atoms. The molecule has 182 valence electrons. The summed E-state index contributed by atoms with van der Waals surface area (Å²) in [6.07, 6.45) is -2.46. The summed E-state index contributed by atoms with van der Waals surface area (Å²) >= 11 is 0. The molecule has 0 saturated carbocycles. The molecule has 0 spiro atoms. The van der Waals surface area contributed by atoms with Gasteiger partial charge in [-0.3, -0.25) is 0 Å². The van der Waals surface area contributed by atoms with Crippen molar-refractivity contribution in [3.8, 4) is 11.5 Å². The molecule has 9 nitrogen and oxygen atoms in total. The van der Waals surface area contributed by atoms with Gasteiger partial charge in [-0.25, -0.2) is 0 Å². The highest BCUT2D eigenvalue weighted by Gasteiger charge is 2.57. The Morgan fingerprint density at radius 1 is 1.15 bits per heavy atom. The highest BCUT2D eigenvalue weighted by molar-refractivity contribution is 5.90. The van der Waals surface area contributed by atoms with Crippen LogP contribution in [-0.2, 0) is 31.0 Å². The average Bonchev–Trinajstić information content (AvgIpc) is 3.43. The summed E-state index contributed by atoms with van der Waals surface area (Å²) in [6, 6.07) is 11.5. The second kappa shape index (κ2) is 8.84. The molecule has 0 aliphatic carbocycles. The zero-order chi connectivity index (χ0) is 24.0. The van der Waals surface area contributed by atoms with Crippen molar-refractivity contribution in [2.75, 3.05) is 13.2 Å². The van der Waals surface area contributed by atoms with E-state index in [0.29, 0.717) is 13.0 Å². The fourth-order valence-corrected chi connectivity index (χ4v) is 4.83. The lowest BCUT2D eigenvalue weighted by molar-refractivity contribution is -0.385. The van der Waals surface area contributed by atoms with E-state index in [1.54, 1.807) is 12.1 Å². The van der Waals surface area contributed by atoms with E-state index in [0.717, 1.165) is 35.1 Å². The maximum absolute atomic E-state index is 11.0. The fourth-order valence-electron chi connectivity index (χ4n) is 4.83. The van der Waals surface area contributed by atoms with E-state index >= 15 is 0 Å². The average molecular weight is 472 g/mol. The minimum absolute atomic E-state index is 0.231. The number of aryl methyl sites for hydroxylation is 3. The summed E-state index contributed by atoms with van der Waals surface area (Å²) in [5.41, 5.74) is 4.19. The molecule has 5 N–H and O–H groups in total. The summed E-state index contributed by atoms with van der Waals surface area (Å²) < 4.78 is 18.4. The predicted molar refractivity (Wildman–Crippen MR) is 122 cm³/mol. The van der Waals surface area contributed by atoms with Crippen molar-refractivity contribution in [3.63, 3.8) is 0 Å². The Hall–Kier alpha value is -2.66. The van der Waals surface area contributed by atoms with Crippen molar-refractivity contribution in [3.05, 3.63) is 59.3 Å². The predicted octanol–water partition coefficient (Wildman–Crippen LogP) is 0.397. The van der Waals surface area contributed by atoms with Gasteiger partial charge in [0.1, 0.15) is 23.7 Å². The van der Waals surface area contributed by atoms with Crippen LogP contribution >= 0.6 is 0 Å². The second-order valence-corrected chi connectivity index (χ2v) is 8.95. The van der Waals surface area contributed by atoms with E-state index in [4.69, 9.17) is 14.2 Å². The smallest absolute Gasteiger partial charge is 0.288 e. The molecule has 34 heavy (non-hydrogen) atoms. The molecule has 0 amide bonds. The lowest BCUT2D eigenvalue weighted by Crippen LogP contribution is -2.69. The fraction of sp³-hybridized carbons (Fsp3) is 0.440. The number of benzene rings is 2. The van der Waals surface area contributed by atoms with Crippen LogP contribution in [-0.4, -0.2) is 73.7 Å². The molecule has 9 heteroatoms. The van der Waals surface area contributed by atoms with E-state index in [9.17, 15) is 25.5 Å².